The summed E-state index contributed by atoms with van der Waals surface area (Å²) in [6.07, 6.45) is 1.25. The first-order chi connectivity index (χ1) is 9.08. The molecular formula is C15H22ClNO2. The summed E-state index contributed by atoms with van der Waals surface area (Å²) in [6, 6.07) is 9.47. The molecule has 1 amide bonds. The molecule has 0 saturated heterocycles. The van der Waals surface area contributed by atoms with Gasteiger partial charge in [-0.3, -0.25) is 4.79 Å². The van der Waals surface area contributed by atoms with Gasteiger partial charge >= 0.3 is 0 Å². The monoisotopic (exact) mass is 283 g/mol. The molecular weight excluding hydrogens is 262 g/mol. The third-order valence-corrected chi connectivity index (χ3v) is 2.92. The number of alkyl halides is 1. The van der Waals surface area contributed by atoms with E-state index >= 15 is 0 Å². The molecule has 0 aromatic heterocycles. The van der Waals surface area contributed by atoms with E-state index in [0.717, 1.165) is 12.2 Å². The van der Waals surface area contributed by atoms with E-state index in [1.54, 1.807) is 0 Å². The standard InChI is InChI=1S/C15H22ClNO2/c1-12(2)10-13(16)11-17-15(18)8-9-19-14-6-4-3-5-7-14/h3-7,12-13H,8-11H2,1-2H3,(H,17,18). The van der Waals surface area contributed by atoms with Crippen LogP contribution in [0.4, 0.5) is 0 Å². The maximum absolute atomic E-state index is 11.6. The minimum Gasteiger partial charge on any atom is -0.493 e. The molecule has 1 aromatic rings. The fourth-order valence-electron chi connectivity index (χ4n) is 1.69. The first kappa shape index (κ1) is 15.8. The van der Waals surface area contributed by atoms with Gasteiger partial charge in [-0.15, -0.1) is 11.6 Å². The predicted molar refractivity (Wildman–Crippen MR) is 78.7 cm³/mol. The number of halogens is 1. The highest BCUT2D eigenvalue weighted by molar-refractivity contribution is 6.20. The molecule has 0 saturated carbocycles. The summed E-state index contributed by atoms with van der Waals surface area (Å²) >= 11 is 6.10. The van der Waals surface area contributed by atoms with Crippen molar-refractivity contribution in [2.24, 2.45) is 5.92 Å². The largest absolute Gasteiger partial charge is 0.493 e. The normalized spacial score (nSPS) is 12.2. The maximum atomic E-state index is 11.6. The van der Waals surface area contributed by atoms with Gasteiger partial charge in [0.15, 0.2) is 0 Å². The number of benzene rings is 1. The molecule has 19 heavy (non-hydrogen) atoms. The Hall–Kier alpha value is -1.22. The van der Waals surface area contributed by atoms with Crippen molar-refractivity contribution in [3.8, 4) is 5.75 Å². The van der Waals surface area contributed by atoms with E-state index in [1.165, 1.54) is 0 Å². The molecule has 0 aliphatic rings. The first-order valence-corrected chi connectivity index (χ1v) is 7.10. The smallest absolute Gasteiger partial charge is 0.223 e. The van der Waals surface area contributed by atoms with Gasteiger partial charge in [-0.2, -0.15) is 0 Å². The summed E-state index contributed by atoms with van der Waals surface area (Å²) in [5, 5.41) is 2.82. The highest BCUT2D eigenvalue weighted by atomic mass is 35.5. The van der Waals surface area contributed by atoms with Crippen LogP contribution in [0.25, 0.3) is 0 Å². The molecule has 4 heteroatoms. The maximum Gasteiger partial charge on any atom is 0.223 e. The third-order valence-electron chi connectivity index (χ3n) is 2.59. The summed E-state index contributed by atoms with van der Waals surface area (Å²) in [5.41, 5.74) is 0. The van der Waals surface area contributed by atoms with Crippen molar-refractivity contribution in [2.45, 2.75) is 32.1 Å². The van der Waals surface area contributed by atoms with E-state index in [2.05, 4.69) is 19.2 Å². The molecule has 0 aliphatic heterocycles. The average molecular weight is 284 g/mol. The SMILES string of the molecule is CC(C)CC(Cl)CNC(=O)CCOc1ccccc1. The van der Waals surface area contributed by atoms with Gasteiger partial charge < -0.3 is 10.1 Å². The van der Waals surface area contributed by atoms with Crippen LogP contribution in [0.2, 0.25) is 0 Å². The fourth-order valence-corrected chi connectivity index (χ4v) is 2.12. The molecule has 0 aliphatic carbocycles. The number of nitrogens with one attached hydrogen (secondary N) is 1. The van der Waals surface area contributed by atoms with Crippen molar-refractivity contribution >= 4 is 17.5 Å². The summed E-state index contributed by atoms with van der Waals surface area (Å²) in [5.74, 6) is 1.30. The van der Waals surface area contributed by atoms with Crippen LogP contribution in [0, 0.1) is 5.92 Å². The second-order valence-corrected chi connectivity index (χ2v) is 5.56. The molecule has 0 spiro atoms. The molecule has 0 bridgehead atoms. The lowest BCUT2D eigenvalue weighted by Crippen LogP contribution is -2.31. The number of para-hydroxylation sites is 1. The van der Waals surface area contributed by atoms with Crippen LogP contribution in [0.5, 0.6) is 5.75 Å². The molecule has 1 unspecified atom stereocenters. The Kier molecular flexibility index (Phi) is 7.34. The van der Waals surface area contributed by atoms with Crippen LogP contribution < -0.4 is 10.1 Å². The number of rotatable bonds is 8. The zero-order chi connectivity index (χ0) is 14.1. The quantitative estimate of drug-likeness (QED) is 0.744. The van der Waals surface area contributed by atoms with Gasteiger partial charge in [-0.1, -0.05) is 32.0 Å². The van der Waals surface area contributed by atoms with Crippen LogP contribution in [0.3, 0.4) is 0 Å². The highest BCUT2D eigenvalue weighted by Crippen LogP contribution is 2.10. The predicted octanol–water partition coefficient (Wildman–Crippen LogP) is 3.23. The minimum absolute atomic E-state index is 0.000934. The summed E-state index contributed by atoms with van der Waals surface area (Å²) < 4.78 is 5.45. The number of hydrogen-bond acceptors (Lipinski definition) is 2. The van der Waals surface area contributed by atoms with Crippen LogP contribution in [-0.4, -0.2) is 24.4 Å². The third kappa shape index (κ3) is 7.73. The van der Waals surface area contributed by atoms with Crippen LogP contribution in [0.1, 0.15) is 26.7 Å². The summed E-state index contributed by atoms with van der Waals surface area (Å²) in [6.45, 7) is 5.13. The van der Waals surface area contributed by atoms with Crippen molar-refractivity contribution in [3.05, 3.63) is 30.3 Å². The lowest BCUT2D eigenvalue weighted by molar-refractivity contribution is -0.121. The van der Waals surface area contributed by atoms with Crippen molar-refractivity contribution in [2.75, 3.05) is 13.2 Å². The zero-order valence-corrected chi connectivity index (χ0v) is 12.3. The summed E-state index contributed by atoms with van der Waals surface area (Å²) in [7, 11) is 0. The van der Waals surface area contributed by atoms with Crippen molar-refractivity contribution < 1.29 is 9.53 Å². The van der Waals surface area contributed by atoms with Gasteiger partial charge in [0.25, 0.3) is 0 Å². The minimum atomic E-state index is -0.0228. The number of hydrogen-bond donors (Lipinski definition) is 1. The van der Waals surface area contributed by atoms with E-state index in [-0.39, 0.29) is 11.3 Å². The van der Waals surface area contributed by atoms with E-state index in [4.69, 9.17) is 16.3 Å². The van der Waals surface area contributed by atoms with Gasteiger partial charge in [-0.05, 0) is 24.5 Å². The lowest BCUT2D eigenvalue weighted by Gasteiger charge is -2.13. The van der Waals surface area contributed by atoms with Gasteiger partial charge in [0.05, 0.1) is 18.4 Å². The van der Waals surface area contributed by atoms with Crippen LogP contribution in [0.15, 0.2) is 30.3 Å². The van der Waals surface area contributed by atoms with Crippen LogP contribution >= 0.6 is 11.6 Å². The topological polar surface area (TPSA) is 38.3 Å². The molecule has 1 rings (SSSR count). The number of ether oxygens (including phenoxy) is 1. The van der Waals surface area contributed by atoms with Crippen LogP contribution in [-0.2, 0) is 4.79 Å². The zero-order valence-electron chi connectivity index (χ0n) is 11.6. The van der Waals surface area contributed by atoms with E-state index in [9.17, 15) is 4.79 Å². The Labute approximate surface area is 120 Å². The van der Waals surface area contributed by atoms with E-state index < -0.39 is 0 Å². The molecule has 0 fully saturated rings. The average Bonchev–Trinajstić information content (AvgIpc) is 2.37. The molecule has 1 atom stereocenters. The second kappa shape index (κ2) is 8.81. The number of carbonyl (C=O) groups is 1. The number of amides is 1. The molecule has 0 heterocycles. The number of carbonyl (C=O) groups excluding carboxylic acids is 1. The van der Waals surface area contributed by atoms with Crippen molar-refractivity contribution in [3.63, 3.8) is 0 Å². The Morgan fingerprint density at radius 3 is 2.63 bits per heavy atom. The Balaban J connectivity index is 2.11. The Morgan fingerprint density at radius 1 is 1.32 bits per heavy atom. The van der Waals surface area contributed by atoms with Gasteiger partial charge in [0, 0.05) is 6.54 Å². The van der Waals surface area contributed by atoms with E-state index in [0.29, 0.717) is 25.5 Å². The molecule has 3 nitrogen and oxygen atoms in total. The molecule has 0 radical (unpaired) electrons. The molecule has 1 aromatic carbocycles. The Morgan fingerprint density at radius 2 is 2.00 bits per heavy atom. The highest BCUT2D eigenvalue weighted by Gasteiger charge is 2.09. The second-order valence-electron chi connectivity index (χ2n) is 4.94. The van der Waals surface area contributed by atoms with Gasteiger partial charge in [0.2, 0.25) is 5.91 Å². The van der Waals surface area contributed by atoms with Gasteiger partial charge in [-0.25, -0.2) is 0 Å². The fraction of sp³-hybridized carbons (Fsp3) is 0.533. The molecule has 1 N–H and O–H groups in total. The van der Waals surface area contributed by atoms with E-state index in [1.807, 2.05) is 30.3 Å². The van der Waals surface area contributed by atoms with Gasteiger partial charge in [0.1, 0.15) is 5.75 Å². The Bertz CT molecular complexity index is 368. The summed E-state index contributed by atoms with van der Waals surface area (Å²) in [4.78, 5) is 11.6. The lowest BCUT2D eigenvalue weighted by atomic mass is 10.1. The van der Waals surface area contributed by atoms with Crippen molar-refractivity contribution in [1.82, 2.24) is 5.32 Å². The molecule has 106 valence electrons. The van der Waals surface area contributed by atoms with Crippen molar-refractivity contribution in [1.29, 1.82) is 0 Å². The first-order valence-electron chi connectivity index (χ1n) is 6.66.